The lowest BCUT2D eigenvalue weighted by atomic mass is 9.94. The van der Waals surface area contributed by atoms with Crippen LogP contribution < -0.4 is 5.73 Å². The molecule has 0 fully saturated rings. The topological polar surface area (TPSA) is 107 Å². The normalized spacial score (nSPS) is 12.1. The van der Waals surface area contributed by atoms with E-state index in [0.29, 0.717) is 18.8 Å². The summed E-state index contributed by atoms with van der Waals surface area (Å²) in [6, 6.07) is 0. The minimum absolute atomic E-state index is 0.00355. The maximum Gasteiger partial charge on any atom is 0.319 e. The van der Waals surface area contributed by atoms with Crippen molar-refractivity contribution in [2.24, 2.45) is 11.7 Å². The molecule has 0 saturated heterocycles. The van der Waals surface area contributed by atoms with Crippen molar-refractivity contribution >= 4 is 16.1 Å². The van der Waals surface area contributed by atoms with Crippen molar-refractivity contribution in [3.05, 3.63) is 0 Å². The number of rotatable bonds is 27. The van der Waals surface area contributed by atoms with E-state index < -0.39 is 10.1 Å². The van der Waals surface area contributed by atoms with E-state index in [-0.39, 0.29) is 12.5 Å². The van der Waals surface area contributed by atoms with Crippen LogP contribution in [0.25, 0.3) is 0 Å². The second kappa shape index (κ2) is 30.9. The molecule has 1 atom stereocenters. The van der Waals surface area contributed by atoms with E-state index in [1.165, 1.54) is 154 Å². The molecule has 0 aromatic carbocycles. The molecule has 0 aliphatic carbocycles. The zero-order valence-corrected chi connectivity index (χ0v) is 26.3. The van der Waals surface area contributed by atoms with Gasteiger partial charge in [-0.05, 0) is 18.8 Å². The second-order valence-electron chi connectivity index (χ2n) is 11.1. The van der Waals surface area contributed by atoms with Gasteiger partial charge in [-0.3, -0.25) is 9.35 Å². The third-order valence-electron chi connectivity index (χ3n) is 7.08. The maximum absolute atomic E-state index is 11.5. The Morgan fingerprint density at radius 3 is 1.16 bits per heavy atom. The molecular formula is C31H65NO5S. The third kappa shape index (κ3) is 39.8. The first-order valence-electron chi connectivity index (χ1n) is 16.0. The second-order valence-corrected chi connectivity index (χ2v) is 12.6. The SMILES string of the molecule is CCCCCCCCCCCCCCC(CCCCCCCCCCCC)COC(=O)CN.CS(=O)(=O)O. The highest BCUT2D eigenvalue weighted by molar-refractivity contribution is 7.85. The molecule has 1 unspecified atom stereocenters. The lowest BCUT2D eigenvalue weighted by Crippen LogP contribution is -2.21. The van der Waals surface area contributed by atoms with Crippen LogP contribution in [0.4, 0.5) is 0 Å². The van der Waals surface area contributed by atoms with Gasteiger partial charge in [-0.2, -0.15) is 8.42 Å². The zero-order valence-electron chi connectivity index (χ0n) is 25.5. The number of esters is 1. The quantitative estimate of drug-likeness (QED) is 0.0586. The van der Waals surface area contributed by atoms with Gasteiger partial charge in [0.15, 0.2) is 0 Å². The van der Waals surface area contributed by atoms with E-state index in [9.17, 15) is 13.2 Å². The minimum Gasteiger partial charge on any atom is -0.464 e. The Balaban J connectivity index is 0. The van der Waals surface area contributed by atoms with Crippen LogP contribution in [0.5, 0.6) is 0 Å². The highest BCUT2D eigenvalue weighted by Crippen LogP contribution is 2.20. The van der Waals surface area contributed by atoms with Crippen molar-refractivity contribution in [2.45, 2.75) is 168 Å². The van der Waals surface area contributed by atoms with Gasteiger partial charge in [0, 0.05) is 0 Å². The van der Waals surface area contributed by atoms with Gasteiger partial charge in [0.2, 0.25) is 0 Å². The van der Waals surface area contributed by atoms with Gasteiger partial charge in [0.1, 0.15) is 0 Å². The number of carbonyl (C=O) groups excluding carboxylic acids is 1. The Labute approximate surface area is 237 Å². The van der Waals surface area contributed by atoms with Gasteiger partial charge in [-0.1, -0.05) is 155 Å². The first-order valence-corrected chi connectivity index (χ1v) is 17.9. The van der Waals surface area contributed by atoms with E-state index in [0.717, 1.165) is 0 Å². The lowest BCUT2D eigenvalue weighted by molar-refractivity contribution is -0.143. The molecule has 0 rings (SSSR count). The third-order valence-corrected chi connectivity index (χ3v) is 7.08. The number of hydrogen-bond acceptors (Lipinski definition) is 5. The van der Waals surface area contributed by atoms with E-state index >= 15 is 0 Å². The lowest BCUT2D eigenvalue weighted by Gasteiger charge is -2.17. The van der Waals surface area contributed by atoms with Gasteiger partial charge in [0.05, 0.1) is 19.4 Å². The molecule has 0 aliphatic rings. The van der Waals surface area contributed by atoms with Crippen LogP contribution in [0.1, 0.15) is 168 Å². The van der Waals surface area contributed by atoms with E-state index in [1.54, 1.807) is 0 Å². The molecule has 230 valence electrons. The highest BCUT2D eigenvalue weighted by atomic mass is 32.2. The molecule has 0 amide bonds. The molecule has 0 bridgehead atoms. The van der Waals surface area contributed by atoms with Gasteiger partial charge >= 0.3 is 5.97 Å². The number of nitrogens with two attached hydrogens (primary N) is 1. The predicted molar refractivity (Wildman–Crippen MR) is 163 cm³/mol. The van der Waals surface area contributed by atoms with Gasteiger partial charge < -0.3 is 10.5 Å². The summed E-state index contributed by atoms with van der Waals surface area (Å²) >= 11 is 0. The van der Waals surface area contributed by atoms with Gasteiger partial charge in [0.25, 0.3) is 10.1 Å². The Morgan fingerprint density at radius 1 is 0.632 bits per heavy atom. The summed E-state index contributed by atoms with van der Waals surface area (Å²) in [7, 11) is -3.67. The highest BCUT2D eigenvalue weighted by Gasteiger charge is 2.11. The molecule has 6 nitrogen and oxygen atoms in total. The van der Waals surface area contributed by atoms with Crippen LogP contribution >= 0.6 is 0 Å². The average Bonchev–Trinajstić information content (AvgIpc) is 2.87. The van der Waals surface area contributed by atoms with Crippen molar-refractivity contribution < 1.29 is 22.5 Å². The first-order chi connectivity index (χ1) is 18.2. The summed E-state index contributed by atoms with van der Waals surface area (Å²) in [5, 5.41) is 0. The summed E-state index contributed by atoms with van der Waals surface area (Å²) in [4.78, 5) is 11.5. The van der Waals surface area contributed by atoms with Crippen molar-refractivity contribution in [3.8, 4) is 0 Å². The van der Waals surface area contributed by atoms with Crippen LogP contribution in [-0.4, -0.2) is 38.3 Å². The van der Waals surface area contributed by atoms with Crippen LogP contribution in [0, 0.1) is 5.92 Å². The summed E-state index contributed by atoms with van der Waals surface area (Å²) in [5.74, 6) is 0.274. The van der Waals surface area contributed by atoms with Gasteiger partial charge in [-0.15, -0.1) is 0 Å². The number of unbranched alkanes of at least 4 members (excludes halogenated alkanes) is 20. The fourth-order valence-electron chi connectivity index (χ4n) is 4.78. The molecule has 0 heterocycles. The molecule has 0 aliphatic heterocycles. The summed E-state index contributed by atoms with van der Waals surface area (Å²) < 4.78 is 31.3. The largest absolute Gasteiger partial charge is 0.464 e. The van der Waals surface area contributed by atoms with Crippen LogP contribution in [0.3, 0.4) is 0 Å². The van der Waals surface area contributed by atoms with E-state index in [2.05, 4.69) is 13.8 Å². The zero-order chi connectivity index (χ0) is 28.7. The molecule has 0 aromatic rings. The average molecular weight is 564 g/mol. The summed E-state index contributed by atoms with van der Waals surface area (Å²) in [6.45, 7) is 5.14. The van der Waals surface area contributed by atoms with Crippen molar-refractivity contribution in [3.63, 3.8) is 0 Å². The number of carbonyl (C=O) groups is 1. The Kier molecular flexibility index (Phi) is 32.1. The number of ether oxygens (including phenoxy) is 1. The Morgan fingerprint density at radius 2 is 0.895 bits per heavy atom. The van der Waals surface area contributed by atoms with Crippen molar-refractivity contribution in [1.82, 2.24) is 0 Å². The van der Waals surface area contributed by atoms with E-state index in [4.69, 9.17) is 15.0 Å². The molecular weight excluding hydrogens is 498 g/mol. The summed E-state index contributed by atoms with van der Waals surface area (Å²) in [5.41, 5.74) is 5.41. The van der Waals surface area contributed by atoms with Crippen LogP contribution in [0.15, 0.2) is 0 Å². The van der Waals surface area contributed by atoms with E-state index in [1.807, 2.05) is 0 Å². The standard InChI is InChI=1S/C30H61NO2.CH4O3S/c1-3-5-7-9-11-13-15-16-18-20-22-24-26-29(28-33-30(32)27-31)25-23-21-19-17-14-12-10-8-6-4-2;1-5(2,3)4/h29H,3-28,31H2,1-2H3;1H3,(H,2,3,4). The van der Waals surface area contributed by atoms with Crippen LogP contribution in [-0.2, 0) is 19.6 Å². The monoisotopic (exact) mass is 563 g/mol. The molecule has 38 heavy (non-hydrogen) atoms. The molecule has 0 spiro atoms. The predicted octanol–water partition coefficient (Wildman–Crippen LogP) is 9.01. The molecule has 7 heteroatoms. The molecule has 0 radical (unpaired) electrons. The molecule has 0 saturated carbocycles. The van der Waals surface area contributed by atoms with Crippen LogP contribution in [0.2, 0.25) is 0 Å². The van der Waals surface area contributed by atoms with Crippen molar-refractivity contribution in [1.29, 1.82) is 0 Å². The number of hydrogen-bond donors (Lipinski definition) is 2. The summed E-state index contributed by atoms with van der Waals surface area (Å²) in [6.07, 6.45) is 33.5. The Bertz CT molecular complexity index is 575. The minimum atomic E-state index is -3.67. The fraction of sp³-hybridized carbons (Fsp3) is 0.968. The molecule has 0 aromatic heterocycles. The smallest absolute Gasteiger partial charge is 0.319 e. The molecule has 3 N–H and O–H groups in total. The Hall–Kier alpha value is -0.660. The first kappa shape index (κ1) is 39.5. The fourth-order valence-corrected chi connectivity index (χ4v) is 4.78. The van der Waals surface area contributed by atoms with Gasteiger partial charge in [-0.25, -0.2) is 0 Å². The maximum atomic E-state index is 11.5. The van der Waals surface area contributed by atoms with Crippen molar-refractivity contribution in [2.75, 3.05) is 19.4 Å².